The summed E-state index contributed by atoms with van der Waals surface area (Å²) in [5.74, 6) is 0. The molecule has 0 unspecified atom stereocenters. The molecule has 0 atom stereocenters. The Morgan fingerprint density at radius 1 is 1.41 bits per heavy atom. The minimum Gasteiger partial charge on any atom is -0.270 e. The molecule has 1 heterocycles. The number of hydrogen-bond acceptors (Lipinski definition) is 2. The molecule has 1 aromatic carbocycles. The van der Waals surface area contributed by atoms with E-state index in [2.05, 4.69) is 46.3 Å². The van der Waals surface area contributed by atoms with Crippen LogP contribution in [0.1, 0.15) is 25.0 Å². The number of hydrogen-bond donors (Lipinski definition) is 1. The van der Waals surface area contributed by atoms with Crippen molar-refractivity contribution < 1.29 is 0 Å². The van der Waals surface area contributed by atoms with Crippen molar-refractivity contribution in [1.82, 2.24) is 14.8 Å². The molecule has 0 fully saturated rings. The van der Waals surface area contributed by atoms with E-state index in [0.717, 1.165) is 6.54 Å². The van der Waals surface area contributed by atoms with E-state index in [1.165, 1.54) is 11.1 Å². The number of aromatic amines is 1. The molecule has 0 amide bonds. The zero-order valence-electron chi connectivity index (χ0n) is 10.5. The van der Waals surface area contributed by atoms with Crippen LogP contribution in [-0.4, -0.2) is 20.8 Å². The lowest BCUT2D eigenvalue weighted by Gasteiger charge is -2.02. The number of benzene rings is 1. The standard InChI is InChI=1S/C13H18N4/c1-10(2)15-13-14-9-17(16-13)8-12-6-4-5-11(3)7-12/h4-7,9-10H,8H2,1-3H3,(H,15,16). The summed E-state index contributed by atoms with van der Waals surface area (Å²) >= 11 is 0. The molecule has 2 aromatic rings. The molecule has 17 heavy (non-hydrogen) atoms. The first kappa shape index (κ1) is 11.6. The number of H-pyrrole nitrogens is 1. The van der Waals surface area contributed by atoms with Gasteiger partial charge in [-0.25, -0.2) is 9.98 Å². The lowest BCUT2D eigenvalue weighted by molar-refractivity contribution is 0.664. The second-order valence-corrected chi connectivity index (χ2v) is 4.52. The normalized spacial score (nSPS) is 12.4. The van der Waals surface area contributed by atoms with Crippen LogP contribution in [0.5, 0.6) is 0 Å². The van der Waals surface area contributed by atoms with E-state index < -0.39 is 0 Å². The minimum absolute atomic E-state index is 0.258. The lowest BCUT2D eigenvalue weighted by Crippen LogP contribution is -2.12. The SMILES string of the molecule is Cc1cccc(Cn2cn/c(=N\C(C)C)[nH]2)c1. The Kier molecular flexibility index (Phi) is 3.42. The van der Waals surface area contributed by atoms with Crippen LogP contribution in [0.25, 0.3) is 0 Å². The van der Waals surface area contributed by atoms with Crippen LogP contribution in [0, 0.1) is 6.92 Å². The average Bonchev–Trinajstić information content (AvgIpc) is 2.64. The molecule has 4 heteroatoms. The van der Waals surface area contributed by atoms with Crippen molar-refractivity contribution in [2.24, 2.45) is 4.99 Å². The van der Waals surface area contributed by atoms with Gasteiger partial charge < -0.3 is 0 Å². The van der Waals surface area contributed by atoms with E-state index >= 15 is 0 Å². The molecule has 1 N–H and O–H groups in total. The smallest absolute Gasteiger partial charge is 0.238 e. The van der Waals surface area contributed by atoms with Crippen molar-refractivity contribution in [3.05, 3.63) is 47.3 Å². The quantitative estimate of drug-likeness (QED) is 0.859. The van der Waals surface area contributed by atoms with E-state index in [4.69, 9.17) is 0 Å². The third-order valence-corrected chi connectivity index (χ3v) is 2.38. The first-order valence-electron chi connectivity index (χ1n) is 5.84. The van der Waals surface area contributed by atoms with Crippen LogP contribution in [0.3, 0.4) is 0 Å². The Bertz CT molecular complexity index is 548. The first-order chi connectivity index (χ1) is 8.13. The van der Waals surface area contributed by atoms with Crippen molar-refractivity contribution >= 4 is 0 Å². The Labute approximate surface area is 101 Å². The number of rotatable bonds is 3. The molecule has 2 rings (SSSR count). The molecule has 0 saturated carbocycles. The molecule has 0 bridgehead atoms. The molecular formula is C13H18N4. The predicted octanol–water partition coefficient (Wildman–Crippen LogP) is 1.88. The third kappa shape index (κ3) is 3.31. The first-order valence-corrected chi connectivity index (χ1v) is 5.84. The maximum Gasteiger partial charge on any atom is 0.238 e. The van der Waals surface area contributed by atoms with E-state index in [0.29, 0.717) is 5.62 Å². The molecule has 0 aliphatic heterocycles. The topological polar surface area (TPSA) is 46.0 Å². The zero-order chi connectivity index (χ0) is 12.3. The lowest BCUT2D eigenvalue weighted by atomic mass is 10.1. The summed E-state index contributed by atoms with van der Waals surface area (Å²) in [6.07, 6.45) is 1.78. The van der Waals surface area contributed by atoms with Gasteiger partial charge in [-0.05, 0) is 26.3 Å². The number of aryl methyl sites for hydroxylation is 1. The van der Waals surface area contributed by atoms with Gasteiger partial charge in [-0.3, -0.25) is 9.78 Å². The van der Waals surface area contributed by atoms with Crippen LogP contribution in [-0.2, 0) is 6.54 Å². The Morgan fingerprint density at radius 2 is 2.24 bits per heavy atom. The van der Waals surface area contributed by atoms with Crippen LogP contribution < -0.4 is 5.62 Å². The molecular weight excluding hydrogens is 212 g/mol. The van der Waals surface area contributed by atoms with Gasteiger partial charge in [0.15, 0.2) is 0 Å². The van der Waals surface area contributed by atoms with Crippen molar-refractivity contribution in [1.29, 1.82) is 0 Å². The largest absolute Gasteiger partial charge is 0.270 e. The van der Waals surface area contributed by atoms with E-state index in [9.17, 15) is 0 Å². The fourth-order valence-electron chi connectivity index (χ4n) is 1.70. The van der Waals surface area contributed by atoms with Crippen LogP contribution in [0.4, 0.5) is 0 Å². The van der Waals surface area contributed by atoms with Gasteiger partial charge in [-0.1, -0.05) is 29.8 Å². The molecule has 1 aromatic heterocycles. The highest BCUT2D eigenvalue weighted by molar-refractivity contribution is 5.22. The molecule has 0 spiro atoms. The summed E-state index contributed by atoms with van der Waals surface area (Å²) < 4.78 is 1.94. The van der Waals surface area contributed by atoms with Crippen molar-refractivity contribution in [2.45, 2.75) is 33.4 Å². The fourth-order valence-corrected chi connectivity index (χ4v) is 1.70. The number of nitrogens with one attached hydrogen (secondary N) is 1. The van der Waals surface area contributed by atoms with Gasteiger partial charge in [0.25, 0.3) is 0 Å². The fraction of sp³-hybridized carbons (Fsp3) is 0.385. The number of nitrogens with zero attached hydrogens (tertiary/aromatic N) is 3. The van der Waals surface area contributed by atoms with E-state index in [1.54, 1.807) is 6.33 Å². The molecule has 90 valence electrons. The van der Waals surface area contributed by atoms with Gasteiger partial charge in [0, 0.05) is 6.04 Å². The Morgan fingerprint density at radius 3 is 2.94 bits per heavy atom. The molecule has 0 aliphatic rings. The zero-order valence-corrected chi connectivity index (χ0v) is 10.5. The van der Waals surface area contributed by atoms with Gasteiger partial charge in [0.2, 0.25) is 5.62 Å². The van der Waals surface area contributed by atoms with Gasteiger partial charge in [-0.15, -0.1) is 0 Å². The van der Waals surface area contributed by atoms with E-state index in [-0.39, 0.29) is 6.04 Å². The monoisotopic (exact) mass is 230 g/mol. The molecule has 0 aliphatic carbocycles. The number of aromatic nitrogens is 3. The van der Waals surface area contributed by atoms with Crippen molar-refractivity contribution in [3.8, 4) is 0 Å². The minimum atomic E-state index is 0.258. The Hall–Kier alpha value is -1.84. The van der Waals surface area contributed by atoms with Crippen molar-refractivity contribution in [2.75, 3.05) is 0 Å². The highest BCUT2D eigenvalue weighted by Gasteiger charge is 1.96. The summed E-state index contributed by atoms with van der Waals surface area (Å²) in [4.78, 5) is 8.57. The molecule has 4 nitrogen and oxygen atoms in total. The second-order valence-electron chi connectivity index (χ2n) is 4.52. The van der Waals surface area contributed by atoms with Gasteiger partial charge in [0.05, 0.1) is 6.54 Å². The average molecular weight is 230 g/mol. The molecule has 0 radical (unpaired) electrons. The summed E-state index contributed by atoms with van der Waals surface area (Å²) in [5.41, 5.74) is 3.22. The summed E-state index contributed by atoms with van der Waals surface area (Å²) in [6.45, 7) is 6.96. The highest BCUT2D eigenvalue weighted by Crippen LogP contribution is 2.04. The maximum atomic E-state index is 4.35. The predicted molar refractivity (Wildman–Crippen MR) is 67.6 cm³/mol. The third-order valence-electron chi connectivity index (χ3n) is 2.38. The highest BCUT2D eigenvalue weighted by atomic mass is 15.3. The Balaban J connectivity index is 2.17. The summed E-state index contributed by atoms with van der Waals surface area (Å²) in [7, 11) is 0. The second kappa shape index (κ2) is 4.99. The van der Waals surface area contributed by atoms with Crippen LogP contribution in [0.15, 0.2) is 35.6 Å². The summed E-state index contributed by atoms with van der Waals surface area (Å²) in [6, 6.07) is 8.71. The van der Waals surface area contributed by atoms with Gasteiger partial charge in [-0.2, -0.15) is 0 Å². The van der Waals surface area contributed by atoms with Crippen LogP contribution >= 0.6 is 0 Å². The van der Waals surface area contributed by atoms with Gasteiger partial charge in [0.1, 0.15) is 6.33 Å². The van der Waals surface area contributed by atoms with Gasteiger partial charge >= 0.3 is 0 Å². The molecule has 0 saturated heterocycles. The van der Waals surface area contributed by atoms with Crippen LogP contribution in [0.2, 0.25) is 0 Å². The maximum absolute atomic E-state index is 4.35. The summed E-state index contributed by atoms with van der Waals surface area (Å²) in [5, 5.41) is 3.15. The van der Waals surface area contributed by atoms with E-state index in [1.807, 2.05) is 18.5 Å². The van der Waals surface area contributed by atoms with Crippen molar-refractivity contribution in [3.63, 3.8) is 0 Å².